The molecule has 1 atom stereocenters. The van der Waals surface area contributed by atoms with E-state index in [-0.39, 0.29) is 0 Å². The van der Waals surface area contributed by atoms with Crippen LogP contribution in [0, 0.1) is 11.8 Å². The summed E-state index contributed by atoms with van der Waals surface area (Å²) in [6, 6.07) is 16.3. The summed E-state index contributed by atoms with van der Waals surface area (Å²) in [5, 5.41) is 2.82. The molecule has 0 radical (unpaired) electrons. The van der Waals surface area contributed by atoms with E-state index in [1.54, 1.807) is 16.7 Å². The second-order valence-corrected chi connectivity index (χ2v) is 10.9. The fourth-order valence-corrected chi connectivity index (χ4v) is 6.88. The zero-order chi connectivity index (χ0) is 22.5. The number of aromatic nitrogens is 1. The molecular formula is C32H34N2. The van der Waals surface area contributed by atoms with Crippen LogP contribution in [0.15, 0.2) is 66.4 Å². The monoisotopic (exact) mass is 446 g/mol. The van der Waals surface area contributed by atoms with Crippen LogP contribution in [-0.4, -0.2) is 18.1 Å². The van der Waals surface area contributed by atoms with Gasteiger partial charge in [-0.05, 0) is 114 Å². The molecule has 2 aromatic carbocycles. The predicted octanol–water partition coefficient (Wildman–Crippen LogP) is 7.97. The van der Waals surface area contributed by atoms with E-state index in [4.69, 9.17) is 4.98 Å². The van der Waals surface area contributed by atoms with E-state index in [2.05, 4.69) is 65.7 Å². The topological polar surface area (TPSA) is 16.1 Å². The molecule has 0 N–H and O–H groups in total. The molecule has 2 nitrogen and oxygen atoms in total. The van der Waals surface area contributed by atoms with E-state index in [1.807, 2.05) is 0 Å². The van der Waals surface area contributed by atoms with Gasteiger partial charge in [0.25, 0.3) is 0 Å². The molecule has 7 rings (SSSR count). The smallest absolute Gasteiger partial charge is 0.128 e. The van der Waals surface area contributed by atoms with Crippen LogP contribution >= 0.6 is 0 Å². The second-order valence-electron chi connectivity index (χ2n) is 10.9. The van der Waals surface area contributed by atoms with Gasteiger partial charge in [-0.2, -0.15) is 0 Å². The molecule has 1 saturated heterocycles. The lowest BCUT2D eigenvalue weighted by Crippen LogP contribution is -2.29. The maximum atomic E-state index is 4.83. The Hall–Kier alpha value is -2.87. The molecule has 0 spiro atoms. The molecule has 1 aromatic heterocycles. The number of piperidine rings is 1. The summed E-state index contributed by atoms with van der Waals surface area (Å²) in [6.07, 6.45) is 18.8. The average molecular weight is 447 g/mol. The molecule has 1 saturated carbocycles. The minimum atomic E-state index is 0.762. The summed E-state index contributed by atoms with van der Waals surface area (Å²) in [4.78, 5) is 7.26. The van der Waals surface area contributed by atoms with Gasteiger partial charge in [-0.25, -0.2) is 4.98 Å². The Morgan fingerprint density at radius 1 is 0.853 bits per heavy atom. The standard InChI is InChI=1S/C32H34N2/c1-4-17-34(18-5-1)32-16-13-25(21-33-32)23-11-14-26-24(19-23)12-15-29-27-9-2-3-10-28(27)30(20-31(26)29)22-7-6-8-22/h2,9,11-16,19,21-22,30H,1,3-8,10,17-18,20H2. The van der Waals surface area contributed by atoms with Gasteiger partial charge < -0.3 is 4.90 Å². The van der Waals surface area contributed by atoms with Crippen LogP contribution in [-0.2, 0) is 6.42 Å². The van der Waals surface area contributed by atoms with E-state index in [1.165, 1.54) is 85.3 Å². The fraction of sp³-hybridized carbons (Fsp3) is 0.406. The molecule has 172 valence electrons. The predicted molar refractivity (Wildman–Crippen MR) is 143 cm³/mol. The maximum absolute atomic E-state index is 4.83. The number of pyridine rings is 1. The van der Waals surface area contributed by atoms with Crippen LogP contribution in [0.1, 0.15) is 62.5 Å². The Kier molecular flexibility index (Phi) is 5.07. The Bertz CT molecular complexity index is 1290. The SMILES string of the molecule is C1=CC2=C(CC1)C(C1CCC1)Cc1c2ccc2cc(-c3ccc(N4CCCCC4)nc3)ccc12. The van der Waals surface area contributed by atoms with Gasteiger partial charge in [-0.15, -0.1) is 0 Å². The zero-order valence-electron chi connectivity index (χ0n) is 20.1. The minimum absolute atomic E-state index is 0.762. The summed E-state index contributed by atoms with van der Waals surface area (Å²) < 4.78 is 0. The lowest BCUT2D eigenvalue weighted by atomic mass is 9.64. The number of nitrogens with zero attached hydrogens (tertiary/aromatic N) is 2. The third-order valence-electron chi connectivity index (χ3n) is 8.98. The minimum Gasteiger partial charge on any atom is -0.357 e. The summed E-state index contributed by atoms with van der Waals surface area (Å²) >= 11 is 0. The summed E-state index contributed by atoms with van der Waals surface area (Å²) in [6.45, 7) is 2.28. The summed E-state index contributed by atoms with van der Waals surface area (Å²) in [5.74, 6) is 2.80. The normalized spacial score (nSPS) is 22.5. The number of anilines is 1. The molecule has 4 aliphatic rings. The molecule has 1 aliphatic heterocycles. The molecule has 0 bridgehead atoms. The molecule has 2 heterocycles. The highest BCUT2D eigenvalue weighted by atomic mass is 15.2. The van der Waals surface area contributed by atoms with Gasteiger partial charge in [0.05, 0.1) is 0 Å². The Labute approximate surface area is 203 Å². The average Bonchev–Trinajstić information content (AvgIpc) is 2.88. The number of hydrogen-bond donors (Lipinski definition) is 0. The number of fused-ring (bicyclic) bond motifs is 4. The van der Waals surface area contributed by atoms with Crippen molar-refractivity contribution in [2.75, 3.05) is 18.0 Å². The van der Waals surface area contributed by atoms with Crippen molar-refractivity contribution in [2.24, 2.45) is 11.8 Å². The van der Waals surface area contributed by atoms with Crippen molar-refractivity contribution in [1.29, 1.82) is 0 Å². The lowest BCUT2D eigenvalue weighted by Gasteiger charge is -2.40. The van der Waals surface area contributed by atoms with Crippen molar-refractivity contribution in [3.8, 4) is 11.1 Å². The Balaban J connectivity index is 1.24. The van der Waals surface area contributed by atoms with E-state index < -0.39 is 0 Å². The van der Waals surface area contributed by atoms with E-state index in [9.17, 15) is 0 Å². The van der Waals surface area contributed by atoms with E-state index >= 15 is 0 Å². The van der Waals surface area contributed by atoms with Crippen LogP contribution < -0.4 is 4.90 Å². The van der Waals surface area contributed by atoms with Crippen LogP contribution in [0.3, 0.4) is 0 Å². The van der Waals surface area contributed by atoms with Gasteiger partial charge in [0.1, 0.15) is 5.82 Å². The zero-order valence-corrected chi connectivity index (χ0v) is 20.1. The molecule has 2 heteroatoms. The first-order valence-electron chi connectivity index (χ1n) is 13.5. The van der Waals surface area contributed by atoms with Crippen molar-refractivity contribution in [3.63, 3.8) is 0 Å². The first-order chi connectivity index (χ1) is 16.8. The molecule has 3 aliphatic carbocycles. The van der Waals surface area contributed by atoms with Crippen LogP contribution in [0.4, 0.5) is 5.82 Å². The first kappa shape index (κ1) is 20.5. The third-order valence-corrected chi connectivity index (χ3v) is 8.98. The van der Waals surface area contributed by atoms with Crippen molar-refractivity contribution in [3.05, 3.63) is 77.5 Å². The lowest BCUT2D eigenvalue weighted by molar-refractivity contribution is 0.227. The number of hydrogen-bond acceptors (Lipinski definition) is 2. The molecule has 34 heavy (non-hydrogen) atoms. The van der Waals surface area contributed by atoms with Crippen LogP contribution in [0.5, 0.6) is 0 Å². The quantitative estimate of drug-likeness (QED) is 0.405. The highest BCUT2D eigenvalue weighted by Crippen LogP contribution is 2.49. The van der Waals surface area contributed by atoms with Gasteiger partial charge in [-0.1, -0.05) is 48.4 Å². The van der Waals surface area contributed by atoms with Gasteiger partial charge in [0.15, 0.2) is 0 Å². The molecule has 3 aromatic rings. The van der Waals surface area contributed by atoms with Crippen molar-refractivity contribution in [1.82, 2.24) is 4.98 Å². The highest BCUT2D eigenvalue weighted by Gasteiger charge is 2.35. The highest BCUT2D eigenvalue weighted by molar-refractivity contribution is 5.96. The van der Waals surface area contributed by atoms with Crippen LogP contribution in [0.25, 0.3) is 27.5 Å². The van der Waals surface area contributed by atoms with Gasteiger partial charge in [-0.3, -0.25) is 0 Å². The summed E-state index contributed by atoms with van der Waals surface area (Å²) in [7, 11) is 0. The molecule has 2 fully saturated rings. The van der Waals surface area contributed by atoms with Gasteiger partial charge in [0.2, 0.25) is 0 Å². The van der Waals surface area contributed by atoms with Gasteiger partial charge >= 0.3 is 0 Å². The maximum Gasteiger partial charge on any atom is 0.128 e. The van der Waals surface area contributed by atoms with Gasteiger partial charge in [0, 0.05) is 24.8 Å². The summed E-state index contributed by atoms with van der Waals surface area (Å²) in [5.41, 5.74) is 8.88. The molecule has 0 amide bonds. The molecule has 1 unspecified atom stereocenters. The molecular weight excluding hydrogens is 412 g/mol. The number of benzene rings is 2. The van der Waals surface area contributed by atoms with Crippen LogP contribution in [0.2, 0.25) is 0 Å². The second kappa shape index (κ2) is 8.41. The van der Waals surface area contributed by atoms with Crippen molar-refractivity contribution in [2.45, 2.75) is 57.8 Å². The van der Waals surface area contributed by atoms with E-state index in [0.717, 1.165) is 30.7 Å². The fourth-order valence-electron chi connectivity index (χ4n) is 6.88. The third kappa shape index (κ3) is 3.42. The van der Waals surface area contributed by atoms with E-state index in [0.29, 0.717) is 0 Å². The number of rotatable bonds is 3. The largest absolute Gasteiger partial charge is 0.357 e. The van der Waals surface area contributed by atoms with Crippen molar-refractivity contribution < 1.29 is 0 Å². The van der Waals surface area contributed by atoms with Crippen molar-refractivity contribution >= 4 is 22.2 Å². The number of allylic oxidation sites excluding steroid dienone is 4. The Morgan fingerprint density at radius 2 is 1.74 bits per heavy atom. The first-order valence-corrected chi connectivity index (χ1v) is 13.5. The Morgan fingerprint density at radius 3 is 2.53 bits per heavy atom.